The summed E-state index contributed by atoms with van der Waals surface area (Å²) in [5.74, 6) is -3.76. The van der Waals surface area contributed by atoms with Gasteiger partial charge in [-0.2, -0.15) is 0 Å². The molecule has 1 aromatic carbocycles. The molecule has 1 aliphatic rings. The van der Waals surface area contributed by atoms with E-state index in [1.165, 1.54) is 7.11 Å². The third kappa shape index (κ3) is 2.81. The first-order valence-corrected chi connectivity index (χ1v) is 6.26. The van der Waals surface area contributed by atoms with Crippen molar-refractivity contribution in [3.63, 3.8) is 0 Å². The van der Waals surface area contributed by atoms with Crippen LogP contribution in [0.2, 0.25) is 5.02 Å². The third-order valence-corrected chi connectivity index (χ3v) is 3.60. The van der Waals surface area contributed by atoms with Gasteiger partial charge in [0.05, 0.1) is 18.6 Å². The summed E-state index contributed by atoms with van der Waals surface area (Å²) >= 11 is 5.83. The van der Waals surface area contributed by atoms with Crippen molar-refractivity contribution in [3.05, 3.63) is 28.3 Å². The molecule has 19 heavy (non-hydrogen) atoms. The number of methoxy groups -OCH3 is 1. The number of hydrogen-bond acceptors (Lipinski definition) is 2. The fourth-order valence-corrected chi connectivity index (χ4v) is 2.60. The molecule has 2 rings (SSSR count). The first-order valence-electron chi connectivity index (χ1n) is 5.88. The van der Waals surface area contributed by atoms with Gasteiger partial charge in [-0.1, -0.05) is 11.6 Å². The van der Waals surface area contributed by atoms with E-state index in [2.05, 4.69) is 0 Å². The summed E-state index contributed by atoms with van der Waals surface area (Å²) in [6, 6.07) is 0.837. The fourth-order valence-electron chi connectivity index (χ4n) is 2.33. The maximum absolute atomic E-state index is 14.0. The number of carboxylic acid groups (broad SMARTS) is 1. The molecular formula is C13H13ClF2O3. The molecule has 1 unspecified atom stereocenters. The van der Waals surface area contributed by atoms with Gasteiger partial charge in [0.2, 0.25) is 0 Å². The zero-order valence-electron chi connectivity index (χ0n) is 10.3. The lowest BCUT2D eigenvalue weighted by Crippen LogP contribution is -2.13. The molecule has 1 aromatic rings. The van der Waals surface area contributed by atoms with Crippen LogP contribution in [0.25, 0.3) is 0 Å². The second-order valence-corrected chi connectivity index (χ2v) is 5.05. The summed E-state index contributed by atoms with van der Waals surface area (Å²) in [4.78, 5) is 10.9. The highest BCUT2D eigenvalue weighted by molar-refractivity contribution is 6.32. The minimum absolute atomic E-state index is 0.0266. The highest BCUT2D eigenvalue weighted by atomic mass is 35.5. The van der Waals surface area contributed by atoms with Crippen molar-refractivity contribution in [2.75, 3.05) is 7.11 Å². The average Bonchev–Trinajstić information content (AvgIpc) is 3.14. The van der Waals surface area contributed by atoms with E-state index >= 15 is 0 Å². The zero-order chi connectivity index (χ0) is 14.2. The van der Waals surface area contributed by atoms with Crippen molar-refractivity contribution in [2.45, 2.75) is 25.2 Å². The Bertz CT molecular complexity index is 515. The molecule has 1 aliphatic carbocycles. The van der Waals surface area contributed by atoms with E-state index < -0.39 is 23.5 Å². The van der Waals surface area contributed by atoms with Gasteiger partial charge in [-0.3, -0.25) is 4.79 Å². The second kappa shape index (κ2) is 5.33. The Hall–Kier alpha value is -1.36. The van der Waals surface area contributed by atoms with Gasteiger partial charge in [0.25, 0.3) is 0 Å². The Morgan fingerprint density at radius 1 is 1.58 bits per heavy atom. The molecule has 0 amide bonds. The van der Waals surface area contributed by atoms with Crippen LogP contribution in [0.1, 0.15) is 30.7 Å². The summed E-state index contributed by atoms with van der Waals surface area (Å²) in [7, 11) is 1.30. The predicted octanol–water partition coefficient (Wildman–Crippen LogP) is 3.60. The summed E-state index contributed by atoms with van der Waals surface area (Å²) in [5.41, 5.74) is -0.0580. The normalized spacial score (nSPS) is 16.2. The molecule has 0 radical (unpaired) electrons. The number of carboxylic acids is 1. The molecule has 0 aromatic heterocycles. The molecule has 1 saturated carbocycles. The molecule has 0 saturated heterocycles. The van der Waals surface area contributed by atoms with Gasteiger partial charge in [0.15, 0.2) is 11.6 Å². The Morgan fingerprint density at radius 3 is 2.68 bits per heavy atom. The van der Waals surface area contributed by atoms with Gasteiger partial charge in [0.1, 0.15) is 5.75 Å². The molecule has 1 N–H and O–H groups in total. The average molecular weight is 291 g/mol. The topological polar surface area (TPSA) is 46.5 Å². The summed E-state index contributed by atoms with van der Waals surface area (Å²) in [6.45, 7) is 0. The van der Waals surface area contributed by atoms with Crippen LogP contribution in [0.3, 0.4) is 0 Å². The Balaban J connectivity index is 2.53. The standard InChI is InChI=1S/C13H13ClF2O3/c1-19-13-8(14)5-9(15)12(16)11(13)7(4-10(17)18)6-2-3-6/h5-7H,2-4H2,1H3,(H,17,18). The van der Waals surface area contributed by atoms with E-state index in [9.17, 15) is 13.6 Å². The minimum Gasteiger partial charge on any atom is -0.495 e. The van der Waals surface area contributed by atoms with Crippen molar-refractivity contribution >= 4 is 17.6 Å². The largest absolute Gasteiger partial charge is 0.495 e. The van der Waals surface area contributed by atoms with E-state index in [4.69, 9.17) is 21.4 Å². The number of halogens is 3. The molecule has 6 heteroatoms. The number of benzene rings is 1. The molecular weight excluding hydrogens is 278 g/mol. The van der Waals surface area contributed by atoms with Crippen molar-refractivity contribution in [2.24, 2.45) is 5.92 Å². The Labute approximate surface area is 114 Å². The van der Waals surface area contributed by atoms with Gasteiger partial charge >= 0.3 is 5.97 Å². The van der Waals surface area contributed by atoms with E-state index in [0.29, 0.717) is 0 Å². The van der Waals surface area contributed by atoms with Crippen molar-refractivity contribution < 1.29 is 23.4 Å². The van der Waals surface area contributed by atoms with E-state index in [1.807, 2.05) is 0 Å². The number of rotatable bonds is 5. The maximum Gasteiger partial charge on any atom is 0.303 e. The van der Waals surface area contributed by atoms with Gasteiger partial charge < -0.3 is 9.84 Å². The highest BCUT2D eigenvalue weighted by Crippen LogP contribution is 2.49. The molecule has 1 atom stereocenters. The van der Waals surface area contributed by atoms with Crippen LogP contribution in [0.4, 0.5) is 8.78 Å². The van der Waals surface area contributed by atoms with Gasteiger partial charge in [-0.15, -0.1) is 0 Å². The number of carbonyl (C=O) groups is 1. The monoisotopic (exact) mass is 290 g/mol. The summed E-state index contributed by atoms with van der Waals surface area (Å²) in [6.07, 6.45) is 1.33. The summed E-state index contributed by atoms with van der Waals surface area (Å²) in [5, 5.41) is 8.88. The lowest BCUT2D eigenvalue weighted by molar-refractivity contribution is -0.137. The number of aliphatic carboxylic acids is 1. The lowest BCUT2D eigenvalue weighted by Gasteiger charge is -2.20. The summed E-state index contributed by atoms with van der Waals surface area (Å²) < 4.78 is 32.5. The quantitative estimate of drug-likeness (QED) is 0.843. The van der Waals surface area contributed by atoms with E-state index in [1.54, 1.807) is 0 Å². The molecule has 0 bridgehead atoms. The smallest absolute Gasteiger partial charge is 0.303 e. The van der Waals surface area contributed by atoms with Crippen molar-refractivity contribution in [1.29, 1.82) is 0 Å². The molecule has 1 fully saturated rings. The Kier molecular flexibility index (Phi) is 3.94. The van der Waals surface area contributed by atoms with E-state index in [0.717, 1.165) is 18.9 Å². The molecule has 104 valence electrons. The third-order valence-electron chi connectivity index (χ3n) is 3.32. The fraction of sp³-hybridized carbons (Fsp3) is 0.462. The van der Waals surface area contributed by atoms with E-state index in [-0.39, 0.29) is 28.7 Å². The van der Waals surface area contributed by atoms with Gasteiger partial charge in [0, 0.05) is 11.5 Å². The first-order chi connectivity index (χ1) is 8.95. The second-order valence-electron chi connectivity index (χ2n) is 4.64. The van der Waals surface area contributed by atoms with Crippen LogP contribution in [-0.4, -0.2) is 18.2 Å². The van der Waals surface area contributed by atoms with Crippen LogP contribution < -0.4 is 4.74 Å². The number of ether oxygens (including phenoxy) is 1. The van der Waals surface area contributed by atoms with Crippen LogP contribution in [0.5, 0.6) is 5.75 Å². The predicted molar refractivity (Wildman–Crippen MR) is 65.6 cm³/mol. The molecule has 0 heterocycles. The maximum atomic E-state index is 14.0. The van der Waals surface area contributed by atoms with Gasteiger partial charge in [-0.05, 0) is 24.8 Å². The highest BCUT2D eigenvalue weighted by Gasteiger charge is 2.38. The Morgan fingerprint density at radius 2 is 2.21 bits per heavy atom. The zero-order valence-corrected chi connectivity index (χ0v) is 11.0. The molecule has 3 nitrogen and oxygen atoms in total. The molecule has 0 aliphatic heterocycles. The number of hydrogen-bond donors (Lipinski definition) is 1. The van der Waals surface area contributed by atoms with Crippen molar-refractivity contribution in [3.8, 4) is 5.75 Å². The SMILES string of the molecule is COc1c(Cl)cc(F)c(F)c1C(CC(=O)O)C1CC1. The lowest BCUT2D eigenvalue weighted by atomic mass is 9.89. The molecule has 0 spiro atoms. The van der Waals surface area contributed by atoms with Crippen LogP contribution in [-0.2, 0) is 4.79 Å². The first kappa shape index (κ1) is 14.1. The van der Waals surface area contributed by atoms with Gasteiger partial charge in [-0.25, -0.2) is 8.78 Å². The van der Waals surface area contributed by atoms with Crippen LogP contribution in [0, 0.1) is 17.6 Å². The van der Waals surface area contributed by atoms with Crippen LogP contribution >= 0.6 is 11.6 Å². The minimum atomic E-state index is -1.09. The van der Waals surface area contributed by atoms with Crippen LogP contribution in [0.15, 0.2) is 6.07 Å². The van der Waals surface area contributed by atoms with Crippen molar-refractivity contribution in [1.82, 2.24) is 0 Å².